The molecule has 1 heterocycles. The van der Waals surface area contributed by atoms with Crippen LogP contribution in [-0.4, -0.2) is 23.9 Å². The van der Waals surface area contributed by atoms with Gasteiger partial charge in [0.2, 0.25) is 0 Å². The molecular weight excluding hydrogens is 158 g/mol. The number of hydrogen-bond acceptors (Lipinski definition) is 0. The largest absolute Gasteiger partial charge is 0.239 e. The van der Waals surface area contributed by atoms with Gasteiger partial charge in [0, 0.05) is 18.8 Å². The molecule has 0 aromatic heterocycles. The molecule has 1 atom stereocenters. The highest BCUT2D eigenvalue weighted by molar-refractivity contribution is 5.56. The molecule has 0 bridgehead atoms. The van der Waals surface area contributed by atoms with Crippen molar-refractivity contribution in [3.05, 3.63) is 0 Å². The highest BCUT2D eigenvalue weighted by Gasteiger charge is 2.19. The predicted octanol–water partition coefficient (Wildman–Crippen LogP) is 3.08. The Morgan fingerprint density at radius 2 is 2.08 bits per heavy atom. The second-order valence-corrected chi connectivity index (χ2v) is 4.20. The molecule has 1 unspecified atom stereocenters. The van der Waals surface area contributed by atoms with Crippen molar-refractivity contribution in [3.63, 3.8) is 0 Å². The quantitative estimate of drug-likeness (QED) is 0.439. The van der Waals surface area contributed by atoms with Crippen LogP contribution in [0.2, 0.25) is 0 Å². The van der Waals surface area contributed by atoms with Crippen LogP contribution in [0.5, 0.6) is 0 Å². The van der Waals surface area contributed by atoms with Crippen molar-refractivity contribution < 1.29 is 4.58 Å². The Balaban J connectivity index is 2.08. The zero-order chi connectivity index (χ0) is 9.52. The minimum atomic E-state index is 0.881. The maximum atomic E-state index is 2.53. The van der Waals surface area contributed by atoms with E-state index in [0.717, 1.165) is 5.92 Å². The second kappa shape index (κ2) is 6.17. The first-order valence-electron chi connectivity index (χ1n) is 5.95. The SMILES string of the molecule is CCCCCC[N+]1=CC(CC)CC1. The second-order valence-electron chi connectivity index (χ2n) is 4.20. The Kier molecular flexibility index (Phi) is 5.10. The van der Waals surface area contributed by atoms with E-state index in [1.165, 1.54) is 51.6 Å². The van der Waals surface area contributed by atoms with Gasteiger partial charge in [-0.3, -0.25) is 0 Å². The zero-order valence-corrected chi connectivity index (χ0v) is 9.26. The van der Waals surface area contributed by atoms with Crippen LogP contribution in [0.1, 0.15) is 52.4 Å². The Morgan fingerprint density at radius 3 is 2.69 bits per heavy atom. The third-order valence-corrected chi connectivity index (χ3v) is 3.03. The Labute approximate surface area is 82.9 Å². The summed E-state index contributed by atoms with van der Waals surface area (Å²) < 4.78 is 2.53. The smallest absolute Gasteiger partial charge is 0.143 e. The van der Waals surface area contributed by atoms with Gasteiger partial charge in [-0.15, -0.1) is 0 Å². The summed E-state index contributed by atoms with van der Waals surface area (Å²) >= 11 is 0. The molecule has 0 aromatic carbocycles. The molecule has 0 aromatic rings. The molecule has 1 rings (SSSR count). The zero-order valence-electron chi connectivity index (χ0n) is 9.26. The lowest BCUT2D eigenvalue weighted by molar-refractivity contribution is -0.516. The molecule has 0 saturated heterocycles. The summed E-state index contributed by atoms with van der Waals surface area (Å²) in [6, 6.07) is 0. The summed E-state index contributed by atoms with van der Waals surface area (Å²) in [6.07, 6.45) is 10.7. The standard InChI is InChI=1S/C12H24N/c1-3-5-6-7-9-13-10-8-12(4-2)11-13/h11-12H,3-10H2,1-2H3/q+1. The molecule has 1 nitrogen and oxygen atoms in total. The first kappa shape index (κ1) is 10.7. The highest BCUT2D eigenvalue weighted by Crippen LogP contribution is 2.11. The molecule has 1 aliphatic heterocycles. The summed E-state index contributed by atoms with van der Waals surface area (Å²) in [5.74, 6) is 0.881. The molecule has 0 saturated carbocycles. The fourth-order valence-corrected chi connectivity index (χ4v) is 2.02. The van der Waals surface area contributed by atoms with Crippen molar-refractivity contribution in [2.45, 2.75) is 52.4 Å². The summed E-state index contributed by atoms with van der Waals surface area (Å²) in [5.41, 5.74) is 0. The maximum Gasteiger partial charge on any atom is 0.143 e. The van der Waals surface area contributed by atoms with E-state index in [4.69, 9.17) is 0 Å². The van der Waals surface area contributed by atoms with Gasteiger partial charge >= 0.3 is 0 Å². The Hall–Kier alpha value is -0.330. The maximum absolute atomic E-state index is 2.53. The average molecular weight is 182 g/mol. The van der Waals surface area contributed by atoms with Crippen LogP contribution in [0.4, 0.5) is 0 Å². The van der Waals surface area contributed by atoms with Gasteiger partial charge in [-0.2, -0.15) is 0 Å². The van der Waals surface area contributed by atoms with Crippen molar-refractivity contribution in [2.75, 3.05) is 13.1 Å². The van der Waals surface area contributed by atoms with Crippen LogP contribution in [-0.2, 0) is 0 Å². The van der Waals surface area contributed by atoms with Gasteiger partial charge in [-0.05, 0) is 12.8 Å². The molecule has 0 N–H and O–H groups in total. The van der Waals surface area contributed by atoms with Crippen LogP contribution in [0.15, 0.2) is 0 Å². The highest BCUT2D eigenvalue weighted by atomic mass is 15.0. The Bertz CT molecular complexity index is 161. The minimum Gasteiger partial charge on any atom is -0.239 e. The van der Waals surface area contributed by atoms with Gasteiger partial charge in [0.1, 0.15) is 19.3 Å². The molecule has 76 valence electrons. The number of nitrogens with zero attached hydrogens (tertiary/aromatic N) is 1. The van der Waals surface area contributed by atoms with Crippen molar-refractivity contribution in [3.8, 4) is 0 Å². The fraction of sp³-hybridized carbons (Fsp3) is 0.917. The molecule has 1 heteroatoms. The van der Waals surface area contributed by atoms with Gasteiger partial charge in [-0.25, -0.2) is 4.58 Å². The van der Waals surface area contributed by atoms with Gasteiger partial charge in [0.15, 0.2) is 0 Å². The normalized spacial score (nSPS) is 22.0. The van der Waals surface area contributed by atoms with Gasteiger partial charge < -0.3 is 0 Å². The minimum absolute atomic E-state index is 0.881. The van der Waals surface area contributed by atoms with Gasteiger partial charge in [-0.1, -0.05) is 26.7 Å². The van der Waals surface area contributed by atoms with E-state index in [1.54, 1.807) is 0 Å². The van der Waals surface area contributed by atoms with E-state index < -0.39 is 0 Å². The van der Waals surface area contributed by atoms with Crippen molar-refractivity contribution >= 4 is 6.21 Å². The summed E-state index contributed by atoms with van der Waals surface area (Å²) in [6.45, 7) is 7.18. The van der Waals surface area contributed by atoms with E-state index >= 15 is 0 Å². The van der Waals surface area contributed by atoms with Crippen LogP contribution in [0.3, 0.4) is 0 Å². The Morgan fingerprint density at radius 1 is 1.23 bits per heavy atom. The number of rotatable bonds is 6. The van der Waals surface area contributed by atoms with Crippen molar-refractivity contribution in [1.82, 2.24) is 0 Å². The van der Waals surface area contributed by atoms with Crippen LogP contribution >= 0.6 is 0 Å². The third kappa shape index (κ3) is 3.93. The molecule has 0 radical (unpaired) electrons. The lowest BCUT2D eigenvalue weighted by atomic mass is 10.1. The monoisotopic (exact) mass is 182 g/mol. The molecule has 1 aliphatic rings. The summed E-state index contributed by atoms with van der Waals surface area (Å²) in [7, 11) is 0. The van der Waals surface area contributed by atoms with E-state index in [2.05, 4.69) is 24.6 Å². The summed E-state index contributed by atoms with van der Waals surface area (Å²) in [4.78, 5) is 0. The summed E-state index contributed by atoms with van der Waals surface area (Å²) in [5, 5.41) is 0. The lowest BCUT2D eigenvalue weighted by Gasteiger charge is -1.97. The predicted molar refractivity (Wildman–Crippen MR) is 58.6 cm³/mol. The van der Waals surface area contributed by atoms with E-state index in [-0.39, 0.29) is 0 Å². The molecular formula is C12H24N+. The first-order valence-corrected chi connectivity index (χ1v) is 5.95. The van der Waals surface area contributed by atoms with Gasteiger partial charge in [0.25, 0.3) is 0 Å². The molecule has 0 aliphatic carbocycles. The molecule has 13 heavy (non-hydrogen) atoms. The topological polar surface area (TPSA) is 3.01 Å². The number of unbranched alkanes of at least 4 members (excludes halogenated alkanes) is 3. The first-order chi connectivity index (χ1) is 6.36. The van der Waals surface area contributed by atoms with E-state index in [1.807, 2.05) is 0 Å². The molecule has 0 fully saturated rings. The van der Waals surface area contributed by atoms with Gasteiger partial charge in [0.05, 0.1) is 0 Å². The lowest BCUT2D eigenvalue weighted by Crippen LogP contribution is -2.10. The van der Waals surface area contributed by atoms with Crippen molar-refractivity contribution in [2.24, 2.45) is 5.92 Å². The van der Waals surface area contributed by atoms with E-state index in [9.17, 15) is 0 Å². The molecule has 0 amide bonds. The van der Waals surface area contributed by atoms with Crippen LogP contribution < -0.4 is 0 Å². The number of hydrogen-bond donors (Lipinski definition) is 0. The van der Waals surface area contributed by atoms with Crippen molar-refractivity contribution in [1.29, 1.82) is 0 Å². The average Bonchev–Trinajstić information content (AvgIpc) is 2.60. The van der Waals surface area contributed by atoms with Crippen LogP contribution in [0.25, 0.3) is 0 Å². The molecule has 0 spiro atoms. The van der Waals surface area contributed by atoms with E-state index in [0.29, 0.717) is 0 Å². The fourth-order valence-electron chi connectivity index (χ4n) is 2.02. The van der Waals surface area contributed by atoms with Crippen LogP contribution in [0, 0.1) is 5.92 Å². The third-order valence-electron chi connectivity index (χ3n) is 3.03.